The van der Waals surface area contributed by atoms with Crippen LogP contribution in [0.25, 0.3) is 0 Å². The summed E-state index contributed by atoms with van der Waals surface area (Å²) in [6, 6.07) is 67.1. The second kappa shape index (κ2) is 28.4. The van der Waals surface area contributed by atoms with Crippen molar-refractivity contribution < 1.29 is 9.59 Å². The van der Waals surface area contributed by atoms with Gasteiger partial charge in [-0.2, -0.15) is 0 Å². The molecule has 2 saturated heterocycles. The number of carbonyl (C=O) groups is 2. The van der Waals surface area contributed by atoms with E-state index in [1.54, 1.807) is 0 Å². The molecule has 0 aromatic heterocycles. The van der Waals surface area contributed by atoms with Gasteiger partial charge in [-0.15, -0.1) is 0 Å². The molecule has 0 atom stereocenters. The van der Waals surface area contributed by atoms with Crippen LogP contribution < -0.4 is 37.1 Å². The smallest absolute Gasteiger partial charge is 0.222 e. The van der Waals surface area contributed by atoms with E-state index in [0.29, 0.717) is 24.8 Å². The van der Waals surface area contributed by atoms with Crippen LogP contribution >= 0.6 is 14.5 Å². The zero-order valence-electron chi connectivity index (χ0n) is 46.6. The van der Waals surface area contributed by atoms with Gasteiger partial charge >= 0.3 is 0 Å². The molecule has 0 radical (unpaired) electrons. The Hall–Kier alpha value is -4.96. The molecular formula is C67H90N4O2P2+2. The lowest BCUT2D eigenvalue weighted by molar-refractivity contribution is -0.133. The van der Waals surface area contributed by atoms with Crippen LogP contribution in [-0.2, 0) is 9.59 Å². The van der Waals surface area contributed by atoms with Crippen molar-refractivity contribution in [2.45, 2.75) is 136 Å². The molecule has 6 nitrogen and oxygen atoms in total. The summed E-state index contributed by atoms with van der Waals surface area (Å²) in [4.78, 5) is 32.5. The van der Waals surface area contributed by atoms with Crippen molar-refractivity contribution in [2.75, 3.05) is 51.6 Å². The summed E-state index contributed by atoms with van der Waals surface area (Å²) in [6.45, 7) is 19.5. The summed E-state index contributed by atoms with van der Waals surface area (Å²) < 4.78 is 0. The van der Waals surface area contributed by atoms with Crippen LogP contribution in [0.1, 0.15) is 119 Å². The van der Waals surface area contributed by atoms with E-state index in [1.807, 2.05) is 0 Å². The zero-order valence-corrected chi connectivity index (χ0v) is 48.4. The van der Waals surface area contributed by atoms with Crippen LogP contribution in [0.5, 0.6) is 0 Å². The number of nitrogens with one attached hydrogen (secondary N) is 1. The molecule has 0 spiro atoms. The van der Waals surface area contributed by atoms with Crippen molar-refractivity contribution in [1.82, 2.24) is 20.0 Å². The normalized spacial score (nSPS) is 15.2. The largest absolute Gasteiger partial charge is 0.353 e. The predicted octanol–water partition coefficient (Wildman–Crippen LogP) is 12.2. The van der Waals surface area contributed by atoms with E-state index < -0.39 is 14.5 Å². The van der Waals surface area contributed by atoms with Gasteiger partial charge in [-0.3, -0.25) is 19.4 Å². The number of hydrogen-bond donors (Lipinski definition) is 1. The van der Waals surface area contributed by atoms with Crippen LogP contribution in [-0.4, -0.2) is 95.2 Å². The van der Waals surface area contributed by atoms with Gasteiger partial charge in [0.1, 0.15) is 46.4 Å². The fraction of sp³-hybridized carbons (Fsp3) is 0.433. The monoisotopic (exact) mass is 1040 g/mol. The number of hydrogen-bond acceptors (Lipinski definition) is 4. The van der Waals surface area contributed by atoms with Crippen molar-refractivity contribution in [1.29, 1.82) is 0 Å². The van der Waals surface area contributed by atoms with E-state index in [9.17, 15) is 9.59 Å². The van der Waals surface area contributed by atoms with Gasteiger partial charge < -0.3 is 10.2 Å². The van der Waals surface area contributed by atoms with E-state index in [-0.39, 0.29) is 17.0 Å². The molecule has 2 heterocycles. The second-order valence-corrected chi connectivity index (χ2v) is 30.2. The number of rotatable bonds is 21. The Morgan fingerprint density at radius 2 is 0.693 bits per heavy atom. The Bertz CT molecular complexity index is 2360. The molecule has 398 valence electrons. The van der Waals surface area contributed by atoms with Crippen molar-refractivity contribution in [3.63, 3.8) is 0 Å². The van der Waals surface area contributed by atoms with Gasteiger partial charge in [-0.25, -0.2) is 0 Å². The molecule has 6 aromatic carbocycles. The number of piperidine rings is 1. The summed E-state index contributed by atoms with van der Waals surface area (Å²) >= 11 is 0. The van der Waals surface area contributed by atoms with E-state index in [0.717, 1.165) is 96.5 Å². The first-order valence-electron chi connectivity index (χ1n) is 28.5. The second-order valence-electron chi connectivity index (χ2n) is 22.9. The predicted molar refractivity (Wildman–Crippen MR) is 327 cm³/mol. The Balaban J connectivity index is 0.000000219. The number of benzene rings is 6. The molecule has 2 amide bonds. The number of piperazine rings is 1. The fourth-order valence-corrected chi connectivity index (χ4v) is 20.3. The van der Waals surface area contributed by atoms with Crippen LogP contribution in [0.4, 0.5) is 0 Å². The number of unbranched alkanes of at least 4 members (excludes halogenated alkanes) is 6. The van der Waals surface area contributed by atoms with Crippen molar-refractivity contribution >= 4 is 58.2 Å². The topological polar surface area (TPSA) is 55.9 Å². The van der Waals surface area contributed by atoms with Gasteiger partial charge in [-0.1, -0.05) is 122 Å². The van der Waals surface area contributed by atoms with Gasteiger partial charge in [0.15, 0.2) is 0 Å². The lowest BCUT2D eigenvalue weighted by Gasteiger charge is -2.42. The van der Waals surface area contributed by atoms with E-state index in [2.05, 4.69) is 244 Å². The third kappa shape index (κ3) is 16.1. The average Bonchev–Trinajstić information content (AvgIpc) is 3.44. The first-order chi connectivity index (χ1) is 36.3. The third-order valence-electron chi connectivity index (χ3n) is 15.9. The maximum absolute atomic E-state index is 12.8. The number of nitrogens with zero attached hydrogens (tertiary/aromatic N) is 3. The van der Waals surface area contributed by atoms with Gasteiger partial charge in [0.2, 0.25) is 11.8 Å². The first kappa shape index (κ1) is 57.7. The molecule has 8 heteroatoms. The van der Waals surface area contributed by atoms with Crippen LogP contribution in [0.3, 0.4) is 0 Å². The standard InChI is InChI=1S/C34H45N2OP.C33H44N2OP/c1-34(2,3)36-26-24-29(25-27-36)35-33(37)23-15-4-5-16-28-38(30-17-9-6-10-18-30,31-19-11-7-12-20-31)32-21-13-8-14-22-32;1-33(2,3)35-26-24-34(25-27-35)32(36)23-15-4-5-16-28-37(29-17-9-6-10-18-29,30-19-11-7-12-20-30)31-21-13-8-14-22-31/h6-14,17-22,29H,4-5,15-16,23-28H2,1-3H3;6-14,17-22H,4-5,15-16,23-28H2,1-3H3/q;+1/p+1. The van der Waals surface area contributed by atoms with Crippen LogP contribution in [0, 0.1) is 0 Å². The molecule has 8 rings (SSSR count). The molecule has 2 fully saturated rings. The third-order valence-corrected chi connectivity index (χ3v) is 24.9. The molecule has 1 N–H and O–H groups in total. The van der Waals surface area contributed by atoms with Crippen molar-refractivity contribution in [3.05, 3.63) is 182 Å². The zero-order chi connectivity index (χ0) is 53.0. The Kier molecular flexibility index (Phi) is 21.9. The molecule has 2 aliphatic rings. The minimum atomic E-state index is -1.75. The molecule has 6 aromatic rings. The molecule has 0 unspecified atom stereocenters. The van der Waals surface area contributed by atoms with Gasteiger partial charge in [-0.05, 0) is 166 Å². The summed E-state index contributed by atoms with van der Waals surface area (Å²) in [6.07, 6.45) is 14.6. The highest BCUT2D eigenvalue weighted by molar-refractivity contribution is 7.96. The highest BCUT2D eigenvalue weighted by Crippen LogP contribution is 2.57. The van der Waals surface area contributed by atoms with E-state index in [4.69, 9.17) is 0 Å². The van der Waals surface area contributed by atoms with Crippen molar-refractivity contribution in [3.8, 4) is 0 Å². The highest BCUT2D eigenvalue weighted by Gasteiger charge is 2.46. The fourth-order valence-electron chi connectivity index (χ4n) is 11.5. The Morgan fingerprint density at radius 3 is 1.01 bits per heavy atom. The average molecular weight is 1050 g/mol. The summed E-state index contributed by atoms with van der Waals surface area (Å²) in [5.74, 6) is 0.576. The number of carbonyl (C=O) groups excluding carboxylic acids is 2. The molecule has 0 aliphatic carbocycles. The Morgan fingerprint density at radius 1 is 0.400 bits per heavy atom. The quantitative estimate of drug-likeness (QED) is 0.0576. The molecular weight excluding hydrogens is 955 g/mol. The summed E-state index contributed by atoms with van der Waals surface area (Å²) in [5, 5.41) is 12.0. The lowest BCUT2D eigenvalue weighted by atomic mass is 9.98. The number of likely N-dealkylation sites (tertiary alicyclic amines) is 1. The van der Waals surface area contributed by atoms with Gasteiger partial charge in [0.05, 0.1) is 12.3 Å². The SMILES string of the molecule is CC(C)(C)N1CCC(NC(=O)CCCCCC[P+](c2ccccc2)(c2ccccc2)c2ccccc2)CC1.CC(C)(C)N1CCN(C(=O)CCCCCC[P+](c2ccccc2)(c2ccccc2)c2ccccc2)CC1. The van der Waals surface area contributed by atoms with Crippen LogP contribution in [0.15, 0.2) is 182 Å². The first-order valence-corrected chi connectivity index (χ1v) is 32.4. The molecule has 75 heavy (non-hydrogen) atoms. The minimum absolute atomic E-state index is 0.187. The summed E-state index contributed by atoms with van der Waals surface area (Å²) in [5.41, 5.74) is 0.405. The van der Waals surface area contributed by atoms with Gasteiger partial charge in [0.25, 0.3) is 0 Å². The maximum Gasteiger partial charge on any atom is 0.222 e. The maximum atomic E-state index is 12.8. The van der Waals surface area contributed by atoms with Crippen molar-refractivity contribution in [2.24, 2.45) is 0 Å². The highest BCUT2D eigenvalue weighted by atomic mass is 31.2. The van der Waals surface area contributed by atoms with E-state index in [1.165, 1.54) is 51.1 Å². The lowest BCUT2D eigenvalue weighted by Crippen LogP contribution is -2.54. The number of amides is 2. The molecule has 0 bridgehead atoms. The minimum Gasteiger partial charge on any atom is -0.353 e. The molecule has 2 aliphatic heterocycles. The Labute approximate surface area is 454 Å². The molecule has 0 saturated carbocycles. The van der Waals surface area contributed by atoms with E-state index >= 15 is 0 Å². The summed E-state index contributed by atoms with van der Waals surface area (Å²) in [7, 11) is -3.49. The van der Waals surface area contributed by atoms with Gasteiger partial charge in [0, 0.05) is 69.2 Å². The van der Waals surface area contributed by atoms with Crippen LogP contribution in [0.2, 0.25) is 0 Å².